The standard InChI is InChI=1S/C13H13N3O4/c1-20-12-3-2-10(6-11(12)16(18)19)13(17)15-8-9-4-5-14-7-9/h2-7,14H,8H2,1H3,(H,15,17). The molecule has 0 fully saturated rings. The van der Waals surface area contributed by atoms with Crippen molar-refractivity contribution in [1.29, 1.82) is 0 Å². The molecule has 0 aliphatic rings. The predicted octanol–water partition coefficient (Wildman–Crippen LogP) is 1.86. The van der Waals surface area contributed by atoms with Gasteiger partial charge in [-0.2, -0.15) is 0 Å². The van der Waals surface area contributed by atoms with Crippen LogP contribution >= 0.6 is 0 Å². The zero-order chi connectivity index (χ0) is 14.5. The maximum absolute atomic E-state index is 11.9. The van der Waals surface area contributed by atoms with Gasteiger partial charge in [0.1, 0.15) is 0 Å². The van der Waals surface area contributed by atoms with Crippen LogP contribution in [0.3, 0.4) is 0 Å². The van der Waals surface area contributed by atoms with E-state index < -0.39 is 4.92 Å². The lowest BCUT2D eigenvalue weighted by molar-refractivity contribution is -0.385. The minimum Gasteiger partial charge on any atom is -0.490 e. The molecule has 2 N–H and O–H groups in total. The fraction of sp³-hybridized carbons (Fsp3) is 0.154. The fourth-order valence-electron chi connectivity index (χ4n) is 1.73. The van der Waals surface area contributed by atoms with Crippen LogP contribution in [0.2, 0.25) is 0 Å². The van der Waals surface area contributed by atoms with Crippen molar-refractivity contribution < 1.29 is 14.5 Å². The highest BCUT2D eigenvalue weighted by molar-refractivity contribution is 5.95. The Morgan fingerprint density at radius 3 is 2.85 bits per heavy atom. The molecule has 0 saturated heterocycles. The SMILES string of the molecule is COc1ccc(C(=O)NCc2cc[nH]c2)cc1[N+](=O)[O-]. The number of nitrogens with zero attached hydrogens (tertiary/aromatic N) is 1. The van der Waals surface area contributed by atoms with E-state index in [9.17, 15) is 14.9 Å². The van der Waals surface area contributed by atoms with Crippen LogP contribution in [0.15, 0.2) is 36.7 Å². The number of rotatable bonds is 5. The number of hydrogen-bond acceptors (Lipinski definition) is 4. The van der Waals surface area contributed by atoms with Crippen molar-refractivity contribution >= 4 is 11.6 Å². The second kappa shape index (κ2) is 5.87. The van der Waals surface area contributed by atoms with Gasteiger partial charge in [-0.1, -0.05) is 0 Å². The first-order chi connectivity index (χ1) is 9.61. The second-order valence-corrected chi connectivity index (χ2v) is 4.05. The smallest absolute Gasteiger partial charge is 0.311 e. The Labute approximate surface area is 114 Å². The molecular weight excluding hydrogens is 262 g/mol. The molecule has 20 heavy (non-hydrogen) atoms. The average molecular weight is 275 g/mol. The summed E-state index contributed by atoms with van der Waals surface area (Å²) in [5, 5.41) is 13.6. The van der Waals surface area contributed by atoms with Crippen LogP contribution in [0, 0.1) is 10.1 Å². The summed E-state index contributed by atoms with van der Waals surface area (Å²) in [5.74, 6) is -0.255. The molecule has 2 rings (SSSR count). The first-order valence-electron chi connectivity index (χ1n) is 5.84. The predicted molar refractivity (Wildman–Crippen MR) is 71.6 cm³/mol. The number of nitro benzene ring substituents is 1. The molecule has 104 valence electrons. The minimum atomic E-state index is -0.582. The van der Waals surface area contributed by atoms with Gasteiger partial charge in [0.15, 0.2) is 5.75 Å². The van der Waals surface area contributed by atoms with E-state index in [4.69, 9.17) is 4.74 Å². The average Bonchev–Trinajstić information content (AvgIpc) is 2.97. The van der Waals surface area contributed by atoms with Gasteiger partial charge in [0, 0.05) is 30.6 Å². The van der Waals surface area contributed by atoms with E-state index in [0.29, 0.717) is 6.54 Å². The summed E-state index contributed by atoms with van der Waals surface area (Å²) < 4.78 is 4.88. The molecular formula is C13H13N3O4. The highest BCUT2D eigenvalue weighted by Gasteiger charge is 2.17. The van der Waals surface area contributed by atoms with Gasteiger partial charge < -0.3 is 15.0 Å². The van der Waals surface area contributed by atoms with E-state index >= 15 is 0 Å². The molecule has 1 aromatic carbocycles. The normalized spacial score (nSPS) is 10.1. The quantitative estimate of drug-likeness (QED) is 0.642. The molecule has 0 saturated carbocycles. The molecule has 0 aliphatic heterocycles. The zero-order valence-electron chi connectivity index (χ0n) is 10.8. The molecule has 0 bridgehead atoms. The molecule has 0 atom stereocenters. The monoisotopic (exact) mass is 275 g/mol. The summed E-state index contributed by atoms with van der Waals surface area (Å²) in [4.78, 5) is 25.1. The summed E-state index contributed by atoms with van der Waals surface area (Å²) >= 11 is 0. The first-order valence-corrected chi connectivity index (χ1v) is 5.84. The van der Waals surface area contributed by atoms with Crippen LogP contribution in [0.25, 0.3) is 0 Å². The lowest BCUT2D eigenvalue weighted by Crippen LogP contribution is -2.22. The van der Waals surface area contributed by atoms with Gasteiger partial charge in [-0.05, 0) is 23.8 Å². The minimum absolute atomic E-state index is 0.122. The van der Waals surface area contributed by atoms with Crippen LogP contribution < -0.4 is 10.1 Å². The van der Waals surface area contributed by atoms with Crippen LogP contribution in [0.4, 0.5) is 5.69 Å². The number of methoxy groups -OCH3 is 1. The third-order valence-electron chi connectivity index (χ3n) is 2.75. The number of carbonyl (C=O) groups is 1. The number of benzene rings is 1. The van der Waals surface area contributed by atoms with E-state index in [1.807, 2.05) is 6.07 Å². The van der Waals surface area contributed by atoms with E-state index in [-0.39, 0.29) is 22.9 Å². The van der Waals surface area contributed by atoms with E-state index in [0.717, 1.165) is 5.56 Å². The van der Waals surface area contributed by atoms with Crippen LogP contribution in [0.5, 0.6) is 5.75 Å². The van der Waals surface area contributed by atoms with Crippen molar-refractivity contribution in [2.75, 3.05) is 7.11 Å². The summed E-state index contributed by atoms with van der Waals surface area (Å²) in [6.45, 7) is 0.349. The summed E-state index contributed by atoms with van der Waals surface area (Å²) in [6, 6.07) is 5.92. The Balaban J connectivity index is 2.13. The largest absolute Gasteiger partial charge is 0.490 e. The Hall–Kier alpha value is -2.83. The molecule has 1 aromatic heterocycles. The lowest BCUT2D eigenvalue weighted by Gasteiger charge is -2.06. The van der Waals surface area contributed by atoms with E-state index in [1.165, 1.54) is 25.3 Å². The number of aromatic nitrogens is 1. The van der Waals surface area contributed by atoms with Crippen LogP contribution in [-0.4, -0.2) is 22.9 Å². The Morgan fingerprint density at radius 2 is 2.25 bits per heavy atom. The van der Waals surface area contributed by atoms with Crippen LogP contribution in [-0.2, 0) is 6.54 Å². The Kier molecular flexibility index (Phi) is 3.99. The highest BCUT2D eigenvalue weighted by atomic mass is 16.6. The maximum atomic E-state index is 11.9. The van der Waals surface area contributed by atoms with Gasteiger partial charge in [-0.25, -0.2) is 0 Å². The fourth-order valence-corrected chi connectivity index (χ4v) is 1.73. The van der Waals surface area contributed by atoms with Crippen molar-refractivity contribution in [3.05, 3.63) is 57.9 Å². The Morgan fingerprint density at radius 1 is 1.45 bits per heavy atom. The molecule has 7 heteroatoms. The number of amides is 1. The molecule has 0 unspecified atom stereocenters. The highest BCUT2D eigenvalue weighted by Crippen LogP contribution is 2.27. The number of carbonyl (C=O) groups excluding carboxylic acids is 1. The number of aromatic amines is 1. The summed E-state index contributed by atoms with van der Waals surface area (Å²) in [5.41, 5.74) is 0.899. The molecule has 0 radical (unpaired) electrons. The van der Waals surface area contributed by atoms with Crippen molar-refractivity contribution in [3.63, 3.8) is 0 Å². The molecule has 0 aliphatic carbocycles. The van der Waals surface area contributed by atoms with Gasteiger partial charge in [0.2, 0.25) is 0 Å². The van der Waals surface area contributed by atoms with Gasteiger partial charge in [0.05, 0.1) is 12.0 Å². The molecule has 0 spiro atoms. The number of hydrogen-bond donors (Lipinski definition) is 2. The van der Waals surface area contributed by atoms with Crippen molar-refractivity contribution in [2.45, 2.75) is 6.54 Å². The number of H-pyrrole nitrogens is 1. The Bertz CT molecular complexity index is 623. The molecule has 1 amide bonds. The van der Waals surface area contributed by atoms with Crippen molar-refractivity contribution in [3.8, 4) is 5.75 Å². The molecule has 1 heterocycles. The van der Waals surface area contributed by atoms with Gasteiger partial charge in [-0.15, -0.1) is 0 Å². The van der Waals surface area contributed by atoms with Gasteiger partial charge in [-0.3, -0.25) is 14.9 Å². The summed E-state index contributed by atoms with van der Waals surface area (Å²) in [6.07, 6.45) is 3.51. The van der Waals surface area contributed by atoms with E-state index in [2.05, 4.69) is 10.3 Å². The summed E-state index contributed by atoms with van der Waals surface area (Å²) in [7, 11) is 1.34. The number of nitro groups is 1. The van der Waals surface area contributed by atoms with Crippen molar-refractivity contribution in [2.24, 2.45) is 0 Å². The topological polar surface area (TPSA) is 97.3 Å². The zero-order valence-corrected chi connectivity index (χ0v) is 10.8. The third kappa shape index (κ3) is 2.94. The molecule has 2 aromatic rings. The van der Waals surface area contributed by atoms with Crippen LogP contribution in [0.1, 0.15) is 15.9 Å². The first kappa shape index (κ1) is 13.6. The lowest BCUT2D eigenvalue weighted by atomic mass is 10.1. The maximum Gasteiger partial charge on any atom is 0.311 e. The number of ether oxygens (including phenoxy) is 1. The molecule has 7 nitrogen and oxygen atoms in total. The van der Waals surface area contributed by atoms with Crippen molar-refractivity contribution in [1.82, 2.24) is 10.3 Å². The van der Waals surface area contributed by atoms with Gasteiger partial charge >= 0.3 is 5.69 Å². The third-order valence-corrected chi connectivity index (χ3v) is 2.75. The van der Waals surface area contributed by atoms with E-state index in [1.54, 1.807) is 12.4 Å². The second-order valence-electron chi connectivity index (χ2n) is 4.05. The van der Waals surface area contributed by atoms with Gasteiger partial charge in [0.25, 0.3) is 5.91 Å². The number of nitrogens with one attached hydrogen (secondary N) is 2.